The maximum absolute atomic E-state index is 13.3. The highest BCUT2D eigenvalue weighted by molar-refractivity contribution is 5.81. The molecular formula is C10H9FN2. The Hall–Kier alpha value is -1.51. The van der Waals surface area contributed by atoms with Gasteiger partial charge in [-0.2, -0.15) is 0 Å². The van der Waals surface area contributed by atoms with Crippen LogP contribution in [0.15, 0.2) is 18.2 Å². The van der Waals surface area contributed by atoms with Crippen molar-refractivity contribution in [1.29, 1.82) is 0 Å². The molecule has 3 heteroatoms. The fourth-order valence-corrected chi connectivity index (χ4v) is 1.46. The Bertz CT molecular complexity index is 466. The third kappa shape index (κ3) is 1.26. The highest BCUT2D eigenvalue weighted by atomic mass is 19.1. The first kappa shape index (κ1) is 8.10. The molecule has 66 valence electrons. The predicted octanol–water partition coefficient (Wildman–Crippen LogP) is 2.39. The van der Waals surface area contributed by atoms with Crippen LogP contribution in [-0.2, 0) is 0 Å². The van der Waals surface area contributed by atoms with Crippen molar-refractivity contribution >= 4 is 10.9 Å². The number of nitrogens with zero attached hydrogens (tertiary/aromatic N) is 2. The molecule has 0 atom stereocenters. The highest BCUT2D eigenvalue weighted by Crippen LogP contribution is 2.18. The first-order valence-corrected chi connectivity index (χ1v) is 4.08. The quantitative estimate of drug-likeness (QED) is 0.616. The van der Waals surface area contributed by atoms with Crippen molar-refractivity contribution in [2.75, 3.05) is 0 Å². The van der Waals surface area contributed by atoms with Crippen LogP contribution in [0, 0.1) is 19.7 Å². The zero-order valence-corrected chi connectivity index (χ0v) is 7.50. The Balaban J connectivity index is 2.94. The molecule has 0 spiro atoms. The van der Waals surface area contributed by atoms with Crippen molar-refractivity contribution in [3.63, 3.8) is 0 Å². The fraction of sp³-hybridized carbons (Fsp3) is 0.200. The van der Waals surface area contributed by atoms with E-state index in [1.54, 1.807) is 26.0 Å². The summed E-state index contributed by atoms with van der Waals surface area (Å²) in [5, 5.41) is 0.521. The molecular weight excluding hydrogens is 167 g/mol. The number of hydrogen-bond donors (Lipinski definition) is 0. The Morgan fingerprint density at radius 1 is 1.15 bits per heavy atom. The van der Waals surface area contributed by atoms with Gasteiger partial charge in [-0.25, -0.2) is 14.4 Å². The Morgan fingerprint density at radius 3 is 2.69 bits per heavy atom. The summed E-state index contributed by atoms with van der Waals surface area (Å²) in [6.45, 7) is 3.59. The third-order valence-corrected chi connectivity index (χ3v) is 1.97. The van der Waals surface area contributed by atoms with E-state index in [9.17, 15) is 4.39 Å². The minimum absolute atomic E-state index is 0.255. The topological polar surface area (TPSA) is 25.8 Å². The molecule has 1 heterocycles. The summed E-state index contributed by atoms with van der Waals surface area (Å²) in [5.74, 6) is 0.422. The number of hydrogen-bond acceptors (Lipinski definition) is 2. The standard InChI is InChI=1S/C10H9FN2/c1-6-10-8(11)4-3-5-9(10)13-7(2)12-6/h3-5H,1-2H3. The van der Waals surface area contributed by atoms with E-state index in [4.69, 9.17) is 0 Å². The molecule has 13 heavy (non-hydrogen) atoms. The maximum Gasteiger partial charge on any atom is 0.134 e. The normalized spacial score (nSPS) is 10.7. The number of halogens is 1. The summed E-state index contributed by atoms with van der Waals surface area (Å²) < 4.78 is 13.3. The molecule has 0 aliphatic heterocycles. The van der Waals surface area contributed by atoms with Gasteiger partial charge in [-0.3, -0.25) is 0 Å². The van der Waals surface area contributed by atoms with Gasteiger partial charge in [0, 0.05) is 0 Å². The maximum atomic E-state index is 13.3. The van der Waals surface area contributed by atoms with Gasteiger partial charge >= 0.3 is 0 Å². The van der Waals surface area contributed by atoms with Gasteiger partial charge in [-0.1, -0.05) is 6.07 Å². The molecule has 0 radical (unpaired) electrons. The molecule has 0 saturated carbocycles. The molecule has 0 saturated heterocycles. The molecule has 0 N–H and O–H groups in total. The summed E-state index contributed by atoms with van der Waals surface area (Å²) in [6.07, 6.45) is 0. The SMILES string of the molecule is Cc1nc(C)c2c(F)cccc2n1. The number of rotatable bonds is 0. The van der Waals surface area contributed by atoms with Crippen LogP contribution in [0.4, 0.5) is 4.39 Å². The second-order valence-corrected chi connectivity index (χ2v) is 2.99. The number of aromatic nitrogens is 2. The van der Waals surface area contributed by atoms with E-state index >= 15 is 0 Å². The van der Waals surface area contributed by atoms with E-state index in [-0.39, 0.29) is 5.82 Å². The van der Waals surface area contributed by atoms with Crippen molar-refractivity contribution in [3.05, 3.63) is 35.5 Å². The van der Waals surface area contributed by atoms with Crippen LogP contribution in [0.3, 0.4) is 0 Å². The van der Waals surface area contributed by atoms with E-state index in [1.165, 1.54) is 6.07 Å². The Morgan fingerprint density at radius 2 is 1.92 bits per heavy atom. The summed E-state index contributed by atoms with van der Waals surface area (Å²) in [7, 11) is 0. The number of fused-ring (bicyclic) bond motifs is 1. The van der Waals surface area contributed by atoms with Gasteiger partial charge in [0.2, 0.25) is 0 Å². The van der Waals surface area contributed by atoms with Crippen LogP contribution >= 0.6 is 0 Å². The monoisotopic (exact) mass is 176 g/mol. The molecule has 0 amide bonds. The average Bonchev–Trinajstić information content (AvgIpc) is 2.02. The highest BCUT2D eigenvalue weighted by Gasteiger charge is 2.05. The Kier molecular flexibility index (Phi) is 1.72. The zero-order chi connectivity index (χ0) is 9.42. The fourth-order valence-electron chi connectivity index (χ4n) is 1.46. The first-order valence-electron chi connectivity index (χ1n) is 4.08. The Labute approximate surface area is 75.4 Å². The summed E-state index contributed by atoms with van der Waals surface area (Å²) in [6, 6.07) is 4.87. The number of benzene rings is 1. The molecule has 1 aromatic carbocycles. The van der Waals surface area contributed by atoms with E-state index in [1.807, 2.05) is 0 Å². The molecule has 2 nitrogen and oxygen atoms in total. The van der Waals surface area contributed by atoms with Crippen molar-refractivity contribution in [3.8, 4) is 0 Å². The lowest BCUT2D eigenvalue weighted by atomic mass is 10.2. The van der Waals surface area contributed by atoms with Crippen molar-refractivity contribution < 1.29 is 4.39 Å². The van der Waals surface area contributed by atoms with E-state index in [0.717, 1.165) is 0 Å². The van der Waals surface area contributed by atoms with Crippen LogP contribution in [0.2, 0.25) is 0 Å². The van der Waals surface area contributed by atoms with Gasteiger partial charge in [-0.15, -0.1) is 0 Å². The van der Waals surface area contributed by atoms with E-state index in [2.05, 4.69) is 9.97 Å². The third-order valence-electron chi connectivity index (χ3n) is 1.97. The van der Waals surface area contributed by atoms with Crippen LogP contribution in [0.5, 0.6) is 0 Å². The molecule has 0 aliphatic rings. The van der Waals surface area contributed by atoms with Gasteiger partial charge in [0.05, 0.1) is 16.6 Å². The first-order chi connectivity index (χ1) is 6.18. The lowest BCUT2D eigenvalue weighted by Crippen LogP contribution is -1.94. The molecule has 2 rings (SSSR count). The molecule has 0 fully saturated rings. The van der Waals surface area contributed by atoms with Gasteiger partial charge in [0.25, 0.3) is 0 Å². The zero-order valence-electron chi connectivity index (χ0n) is 7.50. The van der Waals surface area contributed by atoms with Gasteiger partial charge < -0.3 is 0 Å². The van der Waals surface area contributed by atoms with Crippen LogP contribution in [0.1, 0.15) is 11.5 Å². The molecule has 2 aromatic rings. The lowest BCUT2D eigenvalue weighted by molar-refractivity contribution is 0.638. The second-order valence-electron chi connectivity index (χ2n) is 2.99. The molecule has 0 bridgehead atoms. The molecule has 0 aliphatic carbocycles. The van der Waals surface area contributed by atoms with E-state index in [0.29, 0.717) is 22.4 Å². The molecule has 0 unspecified atom stereocenters. The predicted molar refractivity (Wildman–Crippen MR) is 49.0 cm³/mol. The summed E-state index contributed by atoms with van der Waals surface area (Å²) in [4.78, 5) is 8.26. The van der Waals surface area contributed by atoms with Crippen molar-refractivity contribution in [1.82, 2.24) is 9.97 Å². The second kappa shape index (κ2) is 2.76. The van der Waals surface area contributed by atoms with Gasteiger partial charge in [-0.05, 0) is 26.0 Å². The number of aryl methyl sites for hydroxylation is 2. The largest absolute Gasteiger partial charge is 0.238 e. The minimum atomic E-state index is -0.255. The summed E-state index contributed by atoms with van der Waals surface area (Å²) >= 11 is 0. The average molecular weight is 176 g/mol. The van der Waals surface area contributed by atoms with Crippen LogP contribution < -0.4 is 0 Å². The van der Waals surface area contributed by atoms with E-state index < -0.39 is 0 Å². The minimum Gasteiger partial charge on any atom is -0.238 e. The molecule has 1 aromatic heterocycles. The van der Waals surface area contributed by atoms with Crippen molar-refractivity contribution in [2.45, 2.75) is 13.8 Å². The van der Waals surface area contributed by atoms with Gasteiger partial charge in [0.1, 0.15) is 11.6 Å². The summed E-state index contributed by atoms with van der Waals surface area (Å²) in [5.41, 5.74) is 1.37. The van der Waals surface area contributed by atoms with Crippen LogP contribution in [0.25, 0.3) is 10.9 Å². The lowest BCUT2D eigenvalue weighted by Gasteiger charge is -2.02. The van der Waals surface area contributed by atoms with Crippen LogP contribution in [-0.4, -0.2) is 9.97 Å². The van der Waals surface area contributed by atoms with Crippen molar-refractivity contribution in [2.24, 2.45) is 0 Å². The van der Waals surface area contributed by atoms with Gasteiger partial charge in [0.15, 0.2) is 0 Å². The smallest absolute Gasteiger partial charge is 0.134 e.